The third-order valence-corrected chi connectivity index (χ3v) is 7.16. The van der Waals surface area contributed by atoms with Gasteiger partial charge in [-0.25, -0.2) is 4.98 Å². The van der Waals surface area contributed by atoms with Crippen molar-refractivity contribution >= 4 is 29.4 Å². The molecule has 0 bridgehead atoms. The van der Waals surface area contributed by atoms with Crippen LogP contribution in [-0.4, -0.2) is 45.0 Å². The van der Waals surface area contributed by atoms with Gasteiger partial charge < -0.3 is 4.90 Å². The molecule has 0 aliphatic carbocycles. The van der Waals surface area contributed by atoms with Gasteiger partial charge in [0.05, 0.1) is 27.6 Å². The summed E-state index contributed by atoms with van der Waals surface area (Å²) in [6.45, 7) is 1.43. The number of likely N-dealkylation sites (tertiary alicyclic amines) is 1. The molecule has 30 heavy (non-hydrogen) atoms. The topological polar surface area (TPSA) is 55.2 Å². The molecule has 3 heterocycles. The minimum Gasteiger partial charge on any atom is -0.342 e. The number of rotatable bonds is 4. The van der Waals surface area contributed by atoms with Gasteiger partial charge in [0.25, 0.3) is 5.56 Å². The van der Waals surface area contributed by atoms with Crippen LogP contribution in [0, 0.1) is 0 Å². The second kappa shape index (κ2) is 8.66. The van der Waals surface area contributed by atoms with Crippen LogP contribution in [0.1, 0.15) is 30.5 Å². The molecule has 0 radical (unpaired) electrons. The highest BCUT2D eigenvalue weighted by Crippen LogP contribution is 2.33. The summed E-state index contributed by atoms with van der Waals surface area (Å²) in [6.07, 6.45) is -0.836. The lowest BCUT2D eigenvalue weighted by Gasteiger charge is -2.26. The van der Waals surface area contributed by atoms with Gasteiger partial charge in [-0.1, -0.05) is 17.8 Å². The van der Waals surface area contributed by atoms with E-state index in [1.54, 1.807) is 4.90 Å². The zero-order valence-corrected chi connectivity index (χ0v) is 17.7. The number of aryl methyl sites for hydroxylation is 1. The quantitative estimate of drug-likeness (QED) is 0.515. The first kappa shape index (κ1) is 21.3. The van der Waals surface area contributed by atoms with E-state index in [4.69, 9.17) is 0 Å². The summed E-state index contributed by atoms with van der Waals surface area (Å²) in [5, 5.41) is 0.255. The fourth-order valence-electron chi connectivity index (χ4n) is 3.60. The SMILES string of the molecule is O=C(CSc1nc2c(c(=O)n1-c1cccc(C(F)(F)F)c1)SCC2)N1CCCCC1. The minimum atomic E-state index is -4.52. The van der Waals surface area contributed by atoms with Crippen molar-refractivity contribution in [3.8, 4) is 5.69 Å². The Morgan fingerprint density at radius 1 is 1.20 bits per heavy atom. The van der Waals surface area contributed by atoms with Gasteiger partial charge in [0.1, 0.15) is 0 Å². The van der Waals surface area contributed by atoms with Crippen molar-refractivity contribution < 1.29 is 18.0 Å². The average Bonchev–Trinajstić information content (AvgIpc) is 3.21. The van der Waals surface area contributed by atoms with Crippen LogP contribution < -0.4 is 5.56 Å². The highest BCUT2D eigenvalue weighted by atomic mass is 32.2. The smallest absolute Gasteiger partial charge is 0.342 e. The number of hydrogen-bond donors (Lipinski definition) is 0. The van der Waals surface area contributed by atoms with Gasteiger partial charge in [-0.05, 0) is 37.5 Å². The Hall–Kier alpha value is -1.94. The van der Waals surface area contributed by atoms with Gasteiger partial charge in [0.2, 0.25) is 5.91 Å². The van der Waals surface area contributed by atoms with Crippen molar-refractivity contribution in [2.24, 2.45) is 0 Å². The summed E-state index contributed by atoms with van der Waals surface area (Å²) in [5.41, 5.74) is -0.457. The summed E-state index contributed by atoms with van der Waals surface area (Å²) in [6, 6.07) is 4.65. The molecule has 5 nitrogen and oxygen atoms in total. The van der Waals surface area contributed by atoms with E-state index in [2.05, 4.69) is 4.98 Å². The zero-order valence-electron chi connectivity index (χ0n) is 16.1. The molecule has 1 saturated heterocycles. The summed E-state index contributed by atoms with van der Waals surface area (Å²) in [5.74, 6) is 0.762. The fraction of sp³-hybridized carbons (Fsp3) is 0.450. The fourth-order valence-corrected chi connectivity index (χ4v) is 5.55. The second-order valence-corrected chi connectivity index (χ2v) is 9.24. The third-order valence-electron chi connectivity index (χ3n) is 5.13. The Morgan fingerprint density at radius 3 is 2.70 bits per heavy atom. The first-order valence-electron chi connectivity index (χ1n) is 9.71. The molecule has 0 N–H and O–H groups in total. The third kappa shape index (κ3) is 4.39. The maximum Gasteiger partial charge on any atom is 0.416 e. The largest absolute Gasteiger partial charge is 0.416 e. The lowest BCUT2D eigenvalue weighted by molar-refractivity contribution is -0.137. The Bertz CT molecular complexity index is 1020. The molecule has 0 spiro atoms. The summed E-state index contributed by atoms with van der Waals surface area (Å²) >= 11 is 2.47. The van der Waals surface area contributed by atoms with Crippen LogP contribution in [0.3, 0.4) is 0 Å². The number of fused-ring (bicyclic) bond motifs is 1. The van der Waals surface area contributed by atoms with Crippen molar-refractivity contribution in [3.63, 3.8) is 0 Å². The monoisotopic (exact) mass is 455 g/mol. The number of nitrogens with zero attached hydrogens (tertiary/aromatic N) is 3. The number of halogens is 3. The lowest BCUT2D eigenvalue weighted by Crippen LogP contribution is -2.37. The van der Waals surface area contributed by atoms with Gasteiger partial charge in [-0.2, -0.15) is 13.2 Å². The number of alkyl halides is 3. The van der Waals surface area contributed by atoms with Crippen LogP contribution in [0.2, 0.25) is 0 Å². The molecule has 160 valence electrons. The number of aromatic nitrogens is 2. The molecule has 4 rings (SSSR count). The number of carbonyl (C=O) groups is 1. The van der Waals surface area contributed by atoms with Gasteiger partial charge in [-0.3, -0.25) is 14.2 Å². The zero-order chi connectivity index (χ0) is 21.3. The van der Waals surface area contributed by atoms with E-state index in [1.165, 1.54) is 28.5 Å². The number of thioether (sulfide) groups is 2. The molecule has 2 aromatic rings. The minimum absolute atomic E-state index is 0.0422. The molecule has 10 heteroatoms. The van der Waals surface area contributed by atoms with E-state index in [-0.39, 0.29) is 28.1 Å². The molecule has 2 aliphatic rings. The molecule has 0 saturated carbocycles. The second-order valence-electron chi connectivity index (χ2n) is 7.19. The van der Waals surface area contributed by atoms with Crippen molar-refractivity contribution in [3.05, 3.63) is 45.9 Å². The number of amides is 1. The van der Waals surface area contributed by atoms with Crippen molar-refractivity contribution in [1.29, 1.82) is 0 Å². The van der Waals surface area contributed by atoms with E-state index < -0.39 is 11.7 Å². The van der Waals surface area contributed by atoms with E-state index in [0.29, 0.717) is 35.9 Å². The van der Waals surface area contributed by atoms with Crippen molar-refractivity contribution in [2.45, 2.75) is 41.9 Å². The Balaban J connectivity index is 1.69. The first-order chi connectivity index (χ1) is 14.3. The van der Waals surface area contributed by atoms with Crippen LogP contribution in [0.5, 0.6) is 0 Å². The van der Waals surface area contributed by atoms with Crippen LogP contribution in [0.25, 0.3) is 5.69 Å². The lowest BCUT2D eigenvalue weighted by atomic mass is 10.1. The van der Waals surface area contributed by atoms with E-state index in [1.807, 2.05) is 0 Å². The van der Waals surface area contributed by atoms with Crippen LogP contribution in [0.4, 0.5) is 13.2 Å². The predicted octanol–water partition coefficient (Wildman–Crippen LogP) is 4.00. The highest BCUT2D eigenvalue weighted by Gasteiger charge is 2.31. The van der Waals surface area contributed by atoms with Crippen molar-refractivity contribution in [1.82, 2.24) is 14.5 Å². The maximum atomic E-state index is 13.2. The maximum absolute atomic E-state index is 13.2. The van der Waals surface area contributed by atoms with Gasteiger partial charge in [-0.15, -0.1) is 11.8 Å². The number of carbonyl (C=O) groups excluding carboxylic acids is 1. The molecule has 1 aromatic carbocycles. The van der Waals surface area contributed by atoms with Crippen LogP contribution in [-0.2, 0) is 17.4 Å². The Labute approximate surface area is 180 Å². The number of piperidine rings is 1. The number of benzene rings is 1. The standard InChI is InChI=1S/C20H20F3N3O2S2/c21-20(22,23)13-5-4-6-14(11-13)26-18(28)17-15(7-10-29-17)24-19(26)30-12-16(27)25-8-2-1-3-9-25/h4-6,11H,1-3,7-10,12H2. The molecular weight excluding hydrogens is 435 g/mol. The normalized spacial score (nSPS) is 16.6. The Morgan fingerprint density at radius 2 is 1.97 bits per heavy atom. The molecule has 1 aromatic heterocycles. The highest BCUT2D eigenvalue weighted by molar-refractivity contribution is 8.00. The van der Waals surface area contributed by atoms with Crippen LogP contribution >= 0.6 is 23.5 Å². The van der Waals surface area contributed by atoms with E-state index >= 15 is 0 Å². The van der Waals surface area contributed by atoms with Crippen molar-refractivity contribution in [2.75, 3.05) is 24.6 Å². The molecule has 2 aliphatic heterocycles. The van der Waals surface area contributed by atoms with Gasteiger partial charge in [0.15, 0.2) is 5.16 Å². The molecule has 0 unspecified atom stereocenters. The average molecular weight is 456 g/mol. The number of hydrogen-bond acceptors (Lipinski definition) is 5. The predicted molar refractivity (Wildman–Crippen MR) is 110 cm³/mol. The summed E-state index contributed by atoms with van der Waals surface area (Å²) in [4.78, 5) is 32.5. The molecule has 0 atom stereocenters. The first-order valence-corrected chi connectivity index (χ1v) is 11.7. The molecular formula is C20H20F3N3O2S2. The van der Waals surface area contributed by atoms with Crippen LogP contribution in [0.15, 0.2) is 39.1 Å². The summed E-state index contributed by atoms with van der Waals surface area (Å²) < 4.78 is 40.8. The summed E-state index contributed by atoms with van der Waals surface area (Å²) in [7, 11) is 0. The van der Waals surface area contributed by atoms with E-state index in [9.17, 15) is 22.8 Å². The van der Waals surface area contributed by atoms with Gasteiger partial charge >= 0.3 is 6.18 Å². The Kier molecular flexibility index (Phi) is 6.15. The van der Waals surface area contributed by atoms with Gasteiger partial charge in [0, 0.05) is 25.3 Å². The molecule has 1 fully saturated rings. The van der Waals surface area contributed by atoms with E-state index in [0.717, 1.165) is 43.2 Å². The molecule has 1 amide bonds.